The summed E-state index contributed by atoms with van der Waals surface area (Å²) < 4.78 is 26.1. The molecule has 0 bridgehead atoms. The van der Waals surface area contributed by atoms with E-state index in [1.54, 1.807) is 0 Å². The monoisotopic (exact) mass is 336 g/mol. The SMILES string of the molecule is CN(CCC(=O)O)C(=O)Nc1cc(F)c(Br)c(F)c1. The van der Waals surface area contributed by atoms with E-state index in [4.69, 9.17) is 5.11 Å². The van der Waals surface area contributed by atoms with Gasteiger partial charge in [0, 0.05) is 19.3 Å². The van der Waals surface area contributed by atoms with Gasteiger partial charge in [-0.25, -0.2) is 13.6 Å². The van der Waals surface area contributed by atoms with Gasteiger partial charge in [-0.1, -0.05) is 0 Å². The van der Waals surface area contributed by atoms with E-state index in [2.05, 4.69) is 21.2 Å². The highest BCUT2D eigenvalue weighted by Gasteiger charge is 2.13. The van der Waals surface area contributed by atoms with Gasteiger partial charge in [0.2, 0.25) is 0 Å². The summed E-state index contributed by atoms with van der Waals surface area (Å²) in [6, 6.07) is 1.26. The number of carbonyl (C=O) groups excluding carboxylic acids is 1. The Morgan fingerprint density at radius 3 is 2.37 bits per heavy atom. The summed E-state index contributed by atoms with van der Waals surface area (Å²) in [5, 5.41) is 10.7. The number of aliphatic carboxylic acids is 1. The number of anilines is 1. The number of benzene rings is 1. The van der Waals surface area contributed by atoms with Gasteiger partial charge in [0.15, 0.2) is 0 Å². The van der Waals surface area contributed by atoms with Gasteiger partial charge in [-0.05, 0) is 28.1 Å². The number of hydrogen-bond donors (Lipinski definition) is 2. The lowest BCUT2D eigenvalue weighted by Gasteiger charge is -2.17. The molecule has 1 aromatic rings. The summed E-state index contributed by atoms with van der Waals surface area (Å²) in [6.07, 6.45) is -0.215. The Kier molecular flexibility index (Phi) is 5.22. The molecule has 5 nitrogen and oxygen atoms in total. The van der Waals surface area contributed by atoms with E-state index in [1.165, 1.54) is 7.05 Å². The molecule has 0 unspecified atom stereocenters. The zero-order valence-corrected chi connectivity index (χ0v) is 11.5. The highest BCUT2D eigenvalue weighted by atomic mass is 79.9. The molecule has 0 saturated carbocycles. The summed E-state index contributed by atoms with van der Waals surface area (Å²) in [5.41, 5.74) is -0.0506. The number of carboxylic acids is 1. The second kappa shape index (κ2) is 6.46. The van der Waals surface area contributed by atoms with Crippen LogP contribution < -0.4 is 5.32 Å². The summed E-state index contributed by atoms with van der Waals surface area (Å²) in [7, 11) is 1.38. The number of nitrogens with one attached hydrogen (secondary N) is 1. The molecule has 0 spiro atoms. The van der Waals surface area contributed by atoms with Crippen molar-refractivity contribution in [2.24, 2.45) is 0 Å². The topological polar surface area (TPSA) is 69.6 Å². The molecule has 0 aliphatic heterocycles. The molecule has 0 aliphatic rings. The Labute approximate surface area is 116 Å². The predicted octanol–water partition coefficient (Wildman–Crippen LogP) is 2.67. The van der Waals surface area contributed by atoms with Crippen molar-refractivity contribution in [2.45, 2.75) is 6.42 Å². The number of halogens is 3. The van der Waals surface area contributed by atoms with Crippen molar-refractivity contribution in [1.82, 2.24) is 4.90 Å². The first-order valence-corrected chi connectivity index (χ1v) is 5.99. The third-order valence-corrected chi connectivity index (χ3v) is 3.00. The molecule has 0 heterocycles. The van der Waals surface area contributed by atoms with E-state index < -0.39 is 23.6 Å². The molecule has 0 radical (unpaired) electrons. The van der Waals surface area contributed by atoms with Crippen LogP contribution in [0.5, 0.6) is 0 Å². The highest BCUT2D eigenvalue weighted by Crippen LogP contribution is 2.23. The van der Waals surface area contributed by atoms with Crippen molar-refractivity contribution in [3.8, 4) is 0 Å². The zero-order chi connectivity index (χ0) is 14.6. The first-order chi connectivity index (χ1) is 8.81. The fraction of sp³-hybridized carbons (Fsp3) is 0.273. The maximum atomic E-state index is 13.2. The summed E-state index contributed by atoms with van der Waals surface area (Å²) in [4.78, 5) is 23.0. The average Bonchev–Trinajstić information content (AvgIpc) is 2.32. The quantitative estimate of drug-likeness (QED) is 0.830. The Morgan fingerprint density at radius 2 is 1.89 bits per heavy atom. The molecule has 1 aromatic carbocycles. The molecular weight excluding hydrogens is 326 g/mol. The molecule has 2 N–H and O–H groups in total. The number of hydrogen-bond acceptors (Lipinski definition) is 2. The first-order valence-electron chi connectivity index (χ1n) is 5.19. The minimum atomic E-state index is -1.04. The molecule has 0 aromatic heterocycles. The van der Waals surface area contributed by atoms with Crippen LogP contribution >= 0.6 is 15.9 Å². The maximum Gasteiger partial charge on any atom is 0.321 e. The second-order valence-corrected chi connectivity index (χ2v) is 4.54. The molecule has 1 rings (SSSR count). The third-order valence-electron chi connectivity index (χ3n) is 2.24. The van der Waals surface area contributed by atoms with Crippen LogP contribution in [0, 0.1) is 11.6 Å². The summed E-state index contributed by atoms with van der Waals surface area (Å²) in [6.45, 7) is -0.0113. The Morgan fingerprint density at radius 1 is 1.37 bits per heavy atom. The lowest BCUT2D eigenvalue weighted by Crippen LogP contribution is -2.33. The molecule has 0 saturated heterocycles. The molecular formula is C11H11BrF2N2O3. The van der Waals surface area contributed by atoms with Crippen LogP contribution in [0.3, 0.4) is 0 Å². The van der Waals surface area contributed by atoms with Gasteiger partial charge in [-0.2, -0.15) is 0 Å². The Balaban J connectivity index is 2.69. The van der Waals surface area contributed by atoms with Crippen LogP contribution in [0.15, 0.2) is 16.6 Å². The van der Waals surface area contributed by atoms with Gasteiger partial charge in [0.05, 0.1) is 10.9 Å². The van der Waals surface area contributed by atoms with Crippen LogP contribution in [-0.2, 0) is 4.79 Å². The van der Waals surface area contributed by atoms with E-state index in [9.17, 15) is 18.4 Å². The van der Waals surface area contributed by atoms with Gasteiger partial charge in [0.25, 0.3) is 0 Å². The number of carboxylic acid groups (broad SMARTS) is 1. The minimum Gasteiger partial charge on any atom is -0.481 e. The smallest absolute Gasteiger partial charge is 0.321 e. The van der Waals surface area contributed by atoms with Crippen molar-refractivity contribution in [1.29, 1.82) is 0 Å². The maximum absolute atomic E-state index is 13.2. The van der Waals surface area contributed by atoms with Crippen molar-refractivity contribution >= 4 is 33.6 Å². The van der Waals surface area contributed by atoms with E-state index in [0.717, 1.165) is 17.0 Å². The molecule has 104 valence electrons. The largest absolute Gasteiger partial charge is 0.481 e. The average molecular weight is 337 g/mol. The van der Waals surface area contributed by atoms with Gasteiger partial charge >= 0.3 is 12.0 Å². The number of nitrogens with zero attached hydrogens (tertiary/aromatic N) is 1. The molecule has 8 heteroatoms. The fourth-order valence-corrected chi connectivity index (χ4v) is 1.44. The third kappa shape index (κ3) is 4.47. The lowest BCUT2D eigenvalue weighted by atomic mass is 10.3. The number of carbonyl (C=O) groups is 2. The van der Waals surface area contributed by atoms with Crippen LogP contribution in [0.25, 0.3) is 0 Å². The Hall–Kier alpha value is -1.70. The van der Waals surface area contributed by atoms with Crippen molar-refractivity contribution in [3.05, 3.63) is 28.2 Å². The van der Waals surface area contributed by atoms with E-state index in [0.29, 0.717) is 0 Å². The first kappa shape index (κ1) is 15.4. The minimum absolute atomic E-state index is 0.0113. The molecule has 2 amide bonds. The molecule has 0 atom stereocenters. The predicted molar refractivity (Wildman–Crippen MR) is 68.0 cm³/mol. The second-order valence-electron chi connectivity index (χ2n) is 3.75. The van der Waals surface area contributed by atoms with Crippen LogP contribution in [0.2, 0.25) is 0 Å². The Bertz CT molecular complexity index is 488. The van der Waals surface area contributed by atoms with Crippen molar-refractivity contribution in [2.75, 3.05) is 18.9 Å². The number of amides is 2. The normalized spacial score (nSPS) is 10.1. The van der Waals surface area contributed by atoms with E-state index >= 15 is 0 Å². The summed E-state index contributed by atoms with van der Waals surface area (Å²) in [5.74, 6) is -2.73. The molecule has 0 aliphatic carbocycles. The fourth-order valence-electron chi connectivity index (χ4n) is 1.21. The van der Waals surface area contributed by atoms with Gasteiger partial charge in [0.1, 0.15) is 11.6 Å². The van der Waals surface area contributed by atoms with Gasteiger partial charge in [-0.3, -0.25) is 4.79 Å². The van der Waals surface area contributed by atoms with Crippen molar-refractivity contribution < 1.29 is 23.5 Å². The highest BCUT2D eigenvalue weighted by molar-refractivity contribution is 9.10. The zero-order valence-electron chi connectivity index (χ0n) is 9.91. The van der Waals surface area contributed by atoms with Gasteiger partial charge < -0.3 is 15.3 Å². The number of urea groups is 1. The van der Waals surface area contributed by atoms with E-state index in [-0.39, 0.29) is 23.1 Å². The van der Waals surface area contributed by atoms with Crippen molar-refractivity contribution in [3.63, 3.8) is 0 Å². The van der Waals surface area contributed by atoms with Crippen LogP contribution in [0.1, 0.15) is 6.42 Å². The number of rotatable bonds is 4. The van der Waals surface area contributed by atoms with Gasteiger partial charge in [-0.15, -0.1) is 0 Å². The molecule has 0 fully saturated rings. The van der Waals surface area contributed by atoms with Crippen LogP contribution in [0.4, 0.5) is 19.3 Å². The molecule has 19 heavy (non-hydrogen) atoms. The standard InChI is InChI=1S/C11H11BrF2N2O3/c1-16(3-2-9(17)18)11(19)15-6-4-7(13)10(12)8(14)5-6/h4-5H,2-3H2,1H3,(H,15,19)(H,17,18). The van der Waals surface area contributed by atoms with Crippen LogP contribution in [-0.4, -0.2) is 35.6 Å². The summed E-state index contributed by atoms with van der Waals surface area (Å²) >= 11 is 2.71. The van der Waals surface area contributed by atoms with E-state index in [1.807, 2.05) is 0 Å². The lowest BCUT2D eigenvalue weighted by molar-refractivity contribution is -0.137.